The highest BCUT2D eigenvalue weighted by molar-refractivity contribution is 5.74. The Balaban J connectivity index is 1.41. The first-order valence-corrected chi connectivity index (χ1v) is 11.6. The molecule has 0 spiro atoms. The van der Waals surface area contributed by atoms with Crippen LogP contribution in [0.4, 0.5) is 9.18 Å². The van der Waals surface area contributed by atoms with Gasteiger partial charge in [-0.25, -0.2) is 9.18 Å². The van der Waals surface area contributed by atoms with Gasteiger partial charge in [-0.1, -0.05) is 24.3 Å². The van der Waals surface area contributed by atoms with Crippen LogP contribution in [0.3, 0.4) is 0 Å². The SMILES string of the molecule is CC(C)Oc1ccc(CNC(=O)N(Cc2ccc(F)cc2)C2C[C@@H]3CN(C)C[C@@H]3C2)cc1. The monoisotopic (exact) mass is 439 g/mol. The van der Waals surface area contributed by atoms with Crippen molar-refractivity contribution in [2.75, 3.05) is 20.1 Å². The van der Waals surface area contributed by atoms with E-state index in [0.717, 1.165) is 42.8 Å². The number of amides is 2. The largest absolute Gasteiger partial charge is 0.491 e. The molecule has 0 radical (unpaired) electrons. The van der Waals surface area contributed by atoms with E-state index in [2.05, 4.69) is 17.3 Å². The second kappa shape index (κ2) is 9.90. The molecular formula is C26H34FN3O2. The Morgan fingerprint density at radius 2 is 1.66 bits per heavy atom. The molecule has 0 bridgehead atoms. The fourth-order valence-corrected chi connectivity index (χ4v) is 5.15. The molecule has 0 aromatic heterocycles. The van der Waals surface area contributed by atoms with Crippen molar-refractivity contribution in [3.05, 3.63) is 65.5 Å². The summed E-state index contributed by atoms with van der Waals surface area (Å²) in [6, 6.07) is 14.5. The van der Waals surface area contributed by atoms with Gasteiger partial charge in [-0.3, -0.25) is 0 Å². The van der Waals surface area contributed by atoms with Gasteiger partial charge in [0.2, 0.25) is 0 Å². The van der Waals surface area contributed by atoms with Gasteiger partial charge in [0.05, 0.1) is 6.10 Å². The fraction of sp³-hybridized carbons (Fsp3) is 0.500. The number of carbonyl (C=O) groups excluding carboxylic acids is 1. The maximum absolute atomic E-state index is 13.4. The number of nitrogens with zero attached hydrogens (tertiary/aromatic N) is 2. The lowest BCUT2D eigenvalue weighted by Gasteiger charge is -2.30. The summed E-state index contributed by atoms with van der Waals surface area (Å²) in [6.07, 6.45) is 2.20. The third-order valence-corrected chi connectivity index (χ3v) is 6.62. The van der Waals surface area contributed by atoms with E-state index in [9.17, 15) is 9.18 Å². The maximum atomic E-state index is 13.4. The normalized spacial score (nSPS) is 22.7. The molecule has 2 aromatic rings. The lowest BCUT2D eigenvalue weighted by atomic mass is 10.0. The first kappa shape index (κ1) is 22.6. The molecule has 1 unspecified atom stereocenters. The molecule has 1 aliphatic carbocycles. The zero-order chi connectivity index (χ0) is 22.7. The van der Waals surface area contributed by atoms with Gasteiger partial charge in [0.15, 0.2) is 0 Å². The molecule has 1 saturated heterocycles. The number of ether oxygens (including phenoxy) is 1. The molecule has 2 aromatic carbocycles. The third kappa shape index (κ3) is 5.60. The van der Waals surface area contributed by atoms with Gasteiger partial charge >= 0.3 is 6.03 Å². The number of fused-ring (bicyclic) bond motifs is 1. The van der Waals surface area contributed by atoms with Gasteiger partial charge in [0.25, 0.3) is 0 Å². The highest BCUT2D eigenvalue weighted by Crippen LogP contribution is 2.40. The van der Waals surface area contributed by atoms with Crippen molar-refractivity contribution in [2.24, 2.45) is 11.8 Å². The number of likely N-dealkylation sites (tertiary alicyclic amines) is 1. The van der Waals surface area contributed by atoms with Crippen LogP contribution in [-0.4, -0.2) is 48.1 Å². The van der Waals surface area contributed by atoms with E-state index >= 15 is 0 Å². The van der Waals surface area contributed by atoms with Crippen molar-refractivity contribution in [1.82, 2.24) is 15.1 Å². The average Bonchev–Trinajstić information content (AvgIpc) is 3.29. The van der Waals surface area contributed by atoms with E-state index in [0.29, 0.717) is 24.9 Å². The Morgan fingerprint density at radius 1 is 1.06 bits per heavy atom. The lowest BCUT2D eigenvalue weighted by molar-refractivity contribution is 0.165. The molecular weight excluding hydrogens is 405 g/mol. The Morgan fingerprint density at radius 3 is 2.25 bits per heavy atom. The second-order valence-corrected chi connectivity index (χ2v) is 9.59. The molecule has 1 saturated carbocycles. The van der Waals surface area contributed by atoms with Crippen LogP contribution in [0.2, 0.25) is 0 Å². The van der Waals surface area contributed by atoms with Gasteiger partial charge in [-0.15, -0.1) is 0 Å². The summed E-state index contributed by atoms with van der Waals surface area (Å²) in [5.41, 5.74) is 1.98. The van der Waals surface area contributed by atoms with Gasteiger partial charge < -0.3 is 19.9 Å². The predicted molar refractivity (Wildman–Crippen MR) is 124 cm³/mol. The molecule has 1 heterocycles. The number of carbonyl (C=O) groups is 1. The predicted octanol–water partition coefficient (Wildman–Crippen LogP) is 4.66. The van der Waals surface area contributed by atoms with Crippen molar-refractivity contribution in [3.8, 4) is 5.75 Å². The van der Waals surface area contributed by atoms with E-state index in [4.69, 9.17) is 4.74 Å². The standard InChI is InChI=1S/C26H34FN3O2/c1-18(2)32-25-10-6-19(7-11-25)14-28-26(31)30(15-20-4-8-23(27)9-5-20)24-12-21-16-29(3)17-22(21)13-24/h4-11,18,21-22,24H,12-17H2,1-3H3,(H,28,31)/t21-,22+,24?. The zero-order valence-corrected chi connectivity index (χ0v) is 19.3. The van der Waals surface area contributed by atoms with Crippen LogP contribution in [0.5, 0.6) is 5.75 Å². The number of halogens is 1. The summed E-state index contributed by atoms with van der Waals surface area (Å²) >= 11 is 0. The number of nitrogens with one attached hydrogen (secondary N) is 1. The summed E-state index contributed by atoms with van der Waals surface area (Å²) in [4.78, 5) is 17.6. The number of benzene rings is 2. The van der Waals surface area contributed by atoms with Crippen molar-refractivity contribution in [1.29, 1.82) is 0 Å². The first-order valence-electron chi connectivity index (χ1n) is 11.6. The summed E-state index contributed by atoms with van der Waals surface area (Å²) < 4.78 is 19.1. The third-order valence-electron chi connectivity index (χ3n) is 6.62. The number of urea groups is 1. The van der Waals surface area contributed by atoms with Crippen LogP contribution in [0.25, 0.3) is 0 Å². The average molecular weight is 440 g/mol. The van der Waals surface area contributed by atoms with Crippen LogP contribution in [0.1, 0.15) is 37.8 Å². The van der Waals surface area contributed by atoms with E-state index in [1.54, 1.807) is 12.1 Å². The highest BCUT2D eigenvalue weighted by atomic mass is 19.1. The van der Waals surface area contributed by atoms with Gasteiger partial charge in [-0.2, -0.15) is 0 Å². The van der Waals surface area contributed by atoms with Gasteiger partial charge in [-0.05, 0) is 81.0 Å². The van der Waals surface area contributed by atoms with E-state index in [1.165, 1.54) is 12.1 Å². The number of hydrogen-bond donors (Lipinski definition) is 1. The summed E-state index contributed by atoms with van der Waals surface area (Å²) in [6.45, 7) is 7.17. The summed E-state index contributed by atoms with van der Waals surface area (Å²) in [5, 5.41) is 3.10. The van der Waals surface area contributed by atoms with Crippen molar-refractivity contribution < 1.29 is 13.9 Å². The van der Waals surface area contributed by atoms with Crippen LogP contribution in [0.15, 0.2) is 48.5 Å². The zero-order valence-electron chi connectivity index (χ0n) is 19.3. The number of hydrogen-bond acceptors (Lipinski definition) is 3. The van der Waals surface area contributed by atoms with Gasteiger partial charge in [0, 0.05) is 32.2 Å². The Labute approximate surface area is 190 Å². The minimum absolute atomic E-state index is 0.0600. The van der Waals surface area contributed by atoms with Crippen LogP contribution in [-0.2, 0) is 13.1 Å². The quantitative estimate of drug-likeness (QED) is 0.682. The molecule has 2 fully saturated rings. The Hall–Kier alpha value is -2.60. The molecule has 1 aliphatic heterocycles. The van der Waals surface area contributed by atoms with Crippen molar-refractivity contribution in [2.45, 2.75) is 51.9 Å². The van der Waals surface area contributed by atoms with E-state index < -0.39 is 0 Å². The molecule has 32 heavy (non-hydrogen) atoms. The Bertz CT molecular complexity index is 886. The number of rotatable bonds is 7. The molecule has 2 aliphatic rings. The van der Waals surface area contributed by atoms with Gasteiger partial charge in [0.1, 0.15) is 11.6 Å². The topological polar surface area (TPSA) is 44.8 Å². The molecule has 172 valence electrons. The summed E-state index contributed by atoms with van der Waals surface area (Å²) in [7, 11) is 2.17. The lowest BCUT2D eigenvalue weighted by Crippen LogP contribution is -2.45. The fourth-order valence-electron chi connectivity index (χ4n) is 5.15. The molecule has 3 atom stereocenters. The molecule has 5 nitrogen and oxygen atoms in total. The van der Waals surface area contributed by atoms with Crippen LogP contribution >= 0.6 is 0 Å². The minimum atomic E-state index is -0.256. The van der Waals surface area contributed by atoms with E-state index in [-0.39, 0.29) is 24.0 Å². The smallest absolute Gasteiger partial charge is 0.318 e. The van der Waals surface area contributed by atoms with Crippen molar-refractivity contribution >= 4 is 6.03 Å². The molecule has 2 amide bonds. The molecule has 6 heteroatoms. The Kier molecular flexibility index (Phi) is 6.99. The first-order chi connectivity index (χ1) is 15.4. The minimum Gasteiger partial charge on any atom is -0.491 e. The molecule has 4 rings (SSSR count). The van der Waals surface area contributed by atoms with Crippen LogP contribution in [0, 0.1) is 17.7 Å². The summed E-state index contributed by atoms with van der Waals surface area (Å²) in [5.74, 6) is 1.88. The maximum Gasteiger partial charge on any atom is 0.318 e. The van der Waals surface area contributed by atoms with E-state index in [1.807, 2.05) is 43.0 Å². The van der Waals surface area contributed by atoms with Crippen LogP contribution < -0.4 is 10.1 Å². The second-order valence-electron chi connectivity index (χ2n) is 9.59. The van der Waals surface area contributed by atoms with Crippen molar-refractivity contribution in [3.63, 3.8) is 0 Å². The highest BCUT2D eigenvalue weighted by Gasteiger charge is 2.42. The molecule has 1 N–H and O–H groups in total.